The molecule has 7 heteroatoms. The van der Waals surface area contributed by atoms with Crippen molar-refractivity contribution in [2.45, 2.75) is 19.3 Å². The maximum atomic E-state index is 11.1. The lowest BCUT2D eigenvalue weighted by Crippen LogP contribution is -2.24. The first-order valence-electron chi connectivity index (χ1n) is 6.15. The van der Waals surface area contributed by atoms with Gasteiger partial charge in [-0.05, 0) is 18.8 Å². The number of rotatable bonds is 5. The highest BCUT2D eigenvalue weighted by Gasteiger charge is 2.32. The number of hydrogen-bond acceptors (Lipinski definition) is 5. The van der Waals surface area contributed by atoms with E-state index < -0.39 is 5.97 Å². The Bertz CT molecular complexity index is 470. The van der Waals surface area contributed by atoms with Crippen molar-refractivity contribution in [3.05, 3.63) is 11.2 Å². The summed E-state index contributed by atoms with van der Waals surface area (Å²) in [5, 5.41) is 12.6. The van der Waals surface area contributed by atoms with Crippen molar-refractivity contribution < 1.29 is 14.6 Å². The number of aliphatic carboxylic acids is 1. The minimum absolute atomic E-state index is 0.106. The molecule has 1 saturated carbocycles. The second-order valence-corrected chi connectivity index (χ2v) is 4.98. The summed E-state index contributed by atoms with van der Waals surface area (Å²) >= 11 is 5.98. The summed E-state index contributed by atoms with van der Waals surface area (Å²) in [6, 6.07) is 0.230. The van der Waals surface area contributed by atoms with Gasteiger partial charge in [-0.1, -0.05) is 18.0 Å². The highest BCUT2D eigenvalue weighted by Crippen LogP contribution is 2.32. The Morgan fingerprint density at radius 3 is 3.11 bits per heavy atom. The standard InChI is InChI=1S/C12H16ClN3O3/c1-19-12-15-6-9(13)10(16-12)14-5-7-3-2-4-8(7)11(17)18/h6-8H,2-5H2,1H3,(H,17,18)(H,14,15,16). The van der Waals surface area contributed by atoms with E-state index in [9.17, 15) is 4.79 Å². The number of hydrogen-bond donors (Lipinski definition) is 2. The van der Waals surface area contributed by atoms with Crippen LogP contribution >= 0.6 is 11.6 Å². The van der Waals surface area contributed by atoms with Crippen molar-refractivity contribution in [3.8, 4) is 6.01 Å². The van der Waals surface area contributed by atoms with E-state index in [-0.39, 0.29) is 17.8 Å². The number of halogens is 1. The van der Waals surface area contributed by atoms with Gasteiger partial charge in [0.25, 0.3) is 0 Å². The van der Waals surface area contributed by atoms with Crippen molar-refractivity contribution in [3.63, 3.8) is 0 Å². The lowest BCUT2D eigenvalue weighted by atomic mass is 9.96. The van der Waals surface area contributed by atoms with Crippen molar-refractivity contribution >= 4 is 23.4 Å². The topological polar surface area (TPSA) is 84.3 Å². The van der Waals surface area contributed by atoms with Crippen LogP contribution in [0.15, 0.2) is 6.20 Å². The molecule has 0 spiro atoms. The summed E-state index contributed by atoms with van der Waals surface area (Å²) in [5.74, 6) is -0.426. The predicted molar refractivity (Wildman–Crippen MR) is 70.6 cm³/mol. The lowest BCUT2D eigenvalue weighted by molar-refractivity contribution is -0.142. The van der Waals surface area contributed by atoms with Crippen LogP contribution in [0.2, 0.25) is 5.02 Å². The number of carboxylic acid groups (broad SMARTS) is 1. The number of nitrogens with one attached hydrogen (secondary N) is 1. The zero-order chi connectivity index (χ0) is 13.8. The van der Waals surface area contributed by atoms with Crippen molar-refractivity contribution in [2.75, 3.05) is 19.0 Å². The van der Waals surface area contributed by atoms with E-state index in [4.69, 9.17) is 21.4 Å². The average molecular weight is 286 g/mol. The molecular formula is C12H16ClN3O3. The van der Waals surface area contributed by atoms with E-state index >= 15 is 0 Å². The van der Waals surface area contributed by atoms with Gasteiger partial charge in [-0.3, -0.25) is 4.79 Å². The van der Waals surface area contributed by atoms with Gasteiger partial charge in [0.1, 0.15) is 5.02 Å². The molecule has 0 amide bonds. The average Bonchev–Trinajstić information content (AvgIpc) is 2.86. The molecule has 2 N–H and O–H groups in total. The van der Waals surface area contributed by atoms with E-state index in [1.807, 2.05) is 0 Å². The summed E-state index contributed by atoms with van der Waals surface area (Å²) in [5.41, 5.74) is 0. The van der Waals surface area contributed by atoms with Crippen LogP contribution in [0.4, 0.5) is 5.82 Å². The summed E-state index contributed by atoms with van der Waals surface area (Å²) in [4.78, 5) is 19.1. The number of aromatic nitrogens is 2. The number of methoxy groups -OCH3 is 1. The number of carbonyl (C=O) groups is 1. The molecule has 0 aromatic carbocycles. The Morgan fingerprint density at radius 1 is 1.63 bits per heavy atom. The Balaban J connectivity index is 2.00. The molecule has 1 aliphatic rings. The van der Waals surface area contributed by atoms with Crippen LogP contribution in [0.3, 0.4) is 0 Å². The molecular weight excluding hydrogens is 270 g/mol. The number of carboxylic acids is 1. The highest BCUT2D eigenvalue weighted by molar-refractivity contribution is 6.32. The Hall–Kier alpha value is -1.56. The van der Waals surface area contributed by atoms with Gasteiger partial charge in [0, 0.05) is 6.54 Å². The third-order valence-corrected chi connectivity index (χ3v) is 3.69. The van der Waals surface area contributed by atoms with Crippen LogP contribution < -0.4 is 10.1 Å². The van der Waals surface area contributed by atoms with Gasteiger partial charge in [0.05, 0.1) is 19.2 Å². The molecule has 19 heavy (non-hydrogen) atoms. The van der Waals surface area contributed by atoms with Gasteiger partial charge in [-0.2, -0.15) is 4.98 Å². The van der Waals surface area contributed by atoms with Gasteiger partial charge in [-0.15, -0.1) is 0 Å². The Labute approximate surface area is 116 Å². The first kappa shape index (κ1) is 13.9. The summed E-state index contributed by atoms with van der Waals surface area (Å²) < 4.78 is 4.93. The molecule has 1 aromatic rings. The maximum Gasteiger partial charge on any atom is 0.318 e. The molecule has 1 aromatic heterocycles. The molecule has 0 aliphatic heterocycles. The van der Waals surface area contributed by atoms with Crippen LogP contribution in [0.5, 0.6) is 6.01 Å². The van der Waals surface area contributed by atoms with Gasteiger partial charge in [0.15, 0.2) is 5.82 Å². The van der Waals surface area contributed by atoms with E-state index in [1.54, 1.807) is 0 Å². The van der Waals surface area contributed by atoms with Crippen LogP contribution in [-0.4, -0.2) is 34.7 Å². The molecule has 0 saturated heterocycles. The number of nitrogens with zero attached hydrogens (tertiary/aromatic N) is 2. The highest BCUT2D eigenvalue weighted by atomic mass is 35.5. The second kappa shape index (κ2) is 6.06. The van der Waals surface area contributed by atoms with E-state index in [1.165, 1.54) is 13.3 Å². The summed E-state index contributed by atoms with van der Waals surface area (Å²) in [6.45, 7) is 0.539. The zero-order valence-electron chi connectivity index (χ0n) is 10.6. The smallest absolute Gasteiger partial charge is 0.318 e. The van der Waals surface area contributed by atoms with Crippen molar-refractivity contribution in [1.29, 1.82) is 0 Å². The monoisotopic (exact) mass is 285 g/mol. The van der Waals surface area contributed by atoms with Crippen molar-refractivity contribution in [1.82, 2.24) is 9.97 Å². The van der Waals surface area contributed by atoms with E-state index in [2.05, 4.69) is 15.3 Å². The van der Waals surface area contributed by atoms with E-state index in [0.717, 1.165) is 19.3 Å². The van der Waals surface area contributed by atoms with Crippen LogP contribution in [0.25, 0.3) is 0 Å². The largest absolute Gasteiger partial charge is 0.481 e. The normalized spacial score (nSPS) is 22.2. The molecule has 2 rings (SSSR count). The Kier molecular flexibility index (Phi) is 4.42. The van der Waals surface area contributed by atoms with Gasteiger partial charge < -0.3 is 15.2 Å². The van der Waals surface area contributed by atoms with E-state index in [0.29, 0.717) is 17.4 Å². The van der Waals surface area contributed by atoms with Gasteiger partial charge in [-0.25, -0.2) is 4.98 Å². The second-order valence-electron chi connectivity index (χ2n) is 4.57. The first-order chi connectivity index (χ1) is 9.11. The molecule has 0 bridgehead atoms. The molecule has 104 valence electrons. The third-order valence-electron chi connectivity index (χ3n) is 3.41. The molecule has 1 fully saturated rings. The SMILES string of the molecule is COc1ncc(Cl)c(NCC2CCCC2C(=O)O)n1. The van der Waals surface area contributed by atoms with Gasteiger partial charge >= 0.3 is 12.0 Å². The third kappa shape index (κ3) is 3.26. The molecule has 1 heterocycles. The summed E-state index contributed by atoms with van der Waals surface area (Å²) in [6.07, 6.45) is 4.05. The molecule has 2 atom stereocenters. The minimum atomic E-state index is -0.726. The maximum absolute atomic E-state index is 11.1. The lowest BCUT2D eigenvalue weighted by Gasteiger charge is -2.17. The number of ether oxygens (including phenoxy) is 1. The Morgan fingerprint density at radius 2 is 2.42 bits per heavy atom. The quantitative estimate of drug-likeness (QED) is 0.861. The fraction of sp³-hybridized carbons (Fsp3) is 0.583. The van der Waals surface area contributed by atoms with Gasteiger partial charge in [0.2, 0.25) is 0 Å². The molecule has 1 aliphatic carbocycles. The predicted octanol–water partition coefficient (Wildman–Crippen LogP) is 2.05. The van der Waals surface area contributed by atoms with Crippen LogP contribution in [0.1, 0.15) is 19.3 Å². The molecule has 0 radical (unpaired) electrons. The van der Waals surface area contributed by atoms with Crippen LogP contribution in [-0.2, 0) is 4.79 Å². The fourth-order valence-corrected chi connectivity index (χ4v) is 2.57. The first-order valence-corrected chi connectivity index (χ1v) is 6.53. The molecule has 6 nitrogen and oxygen atoms in total. The zero-order valence-corrected chi connectivity index (χ0v) is 11.4. The fourth-order valence-electron chi connectivity index (χ4n) is 2.41. The minimum Gasteiger partial charge on any atom is -0.481 e. The van der Waals surface area contributed by atoms with Crippen LogP contribution in [0, 0.1) is 11.8 Å². The molecule has 2 unspecified atom stereocenters. The number of anilines is 1. The van der Waals surface area contributed by atoms with Crippen molar-refractivity contribution in [2.24, 2.45) is 11.8 Å². The summed E-state index contributed by atoms with van der Waals surface area (Å²) in [7, 11) is 1.48.